The summed E-state index contributed by atoms with van der Waals surface area (Å²) in [5.41, 5.74) is 4.15. The van der Waals surface area contributed by atoms with E-state index in [2.05, 4.69) is 15.8 Å². The molecule has 0 aliphatic heterocycles. The molecule has 0 aliphatic carbocycles. The summed E-state index contributed by atoms with van der Waals surface area (Å²) in [4.78, 5) is 11.6. The molecule has 120 valence electrons. The first-order valence-electron chi connectivity index (χ1n) is 7.24. The molecule has 0 fully saturated rings. The van der Waals surface area contributed by atoms with E-state index in [1.165, 1.54) is 6.21 Å². The molecule has 0 saturated carbocycles. The molecule has 2 rings (SSSR count). The number of hydrogen-bond acceptors (Lipinski definition) is 4. The highest BCUT2D eigenvalue weighted by molar-refractivity contribution is 6.30. The number of hydrogen-bond donors (Lipinski definition) is 3. The molecule has 1 amide bonds. The lowest BCUT2D eigenvalue weighted by Crippen LogP contribution is -2.18. The zero-order valence-electron chi connectivity index (χ0n) is 12.5. The molecule has 5 nitrogen and oxygen atoms in total. The Morgan fingerprint density at radius 3 is 2.74 bits per heavy atom. The number of phenolic OH excluding ortho intramolecular Hbond substituents is 1. The molecule has 2 aromatic carbocycles. The molecule has 0 atom stereocenters. The number of amides is 1. The number of hydrazone groups is 1. The summed E-state index contributed by atoms with van der Waals surface area (Å²) < 4.78 is 0. The second kappa shape index (κ2) is 8.80. The Bertz CT molecular complexity index is 672. The van der Waals surface area contributed by atoms with Crippen molar-refractivity contribution in [3.8, 4) is 5.75 Å². The Hall–Kier alpha value is -2.53. The summed E-state index contributed by atoms with van der Waals surface area (Å²) >= 11 is 5.81. The molecule has 0 bridgehead atoms. The second-order valence-electron chi connectivity index (χ2n) is 4.93. The van der Waals surface area contributed by atoms with Crippen molar-refractivity contribution in [2.24, 2.45) is 5.10 Å². The molecule has 0 heterocycles. The minimum atomic E-state index is -0.153. The van der Waals surface area contributed by atoms with E-state index in [4.69, 9.17) is 11.6 Å². The smallest absolute Gasteiger partial charge is 0.240 e. The zero-order valence-corrected chi connectivity index (χ0v) is 13.3. The molecular formula is C17H18ClN3O2. The van der Waals surface area contributed by atoms with E-state index in [1.54, 1.807) is 24.3 Å². The first kappa shape index (κ1) is 16.8. The number of halogens is 1. The quantitative estimate of drug-likeness (QED) is 0.413. The van der Waals surface area contributed by atoms with Crippen LogP contribution in [0.4, 0.5) is 5.69 Å². The van der Waals surface area contributed by atoms with Crippen LogP contribution in [0.2, 0.25) is 5.02 Å². The van der Waals surface area contributed by atoms with Gasteiger partial charge in [0, 0.05) is 23.7 Å². The summed E-state index contributed by atoms with van der Waals surface area (Å²) in [6.45, 7) is 0.686. The third-order valence-electron chi connectivity index (χ3n) is 3.03. The van der Waals surface area contributed by atoms with Crippen molar-refractivity contribution in [2.45, 2.75) is 12.8 Å². The number of phenols is 1. The van der Waals surface area contributed by atoms with E-state index in [-0.39, 0.29) is 11.7 Å². The molecule has 23 heavy (non-hydrogen) atoms. The van der Waals surface area contributed by atoms with E-state index < -0.39 is 0 Å². The summed E-state index contributed by atoms with van der Waals surface area (Å²) in [6.07, 6.45) is 2.55. The van der Waals surface area contributed by atoms with Gasteiger partial charge in [0.1, 0.15) is 5.75 Å². The van der Waals surface area contributed by atoms with Crippen LogP contribution < -0.4 is 10.7 Å². The van der Waals surface area contributed by atoms with Crippen LogP contribution in [0.3, 0.4) is 0 Å². The molecule has 0 aliphatic rings. The van der Waals surface area contributed by atoms with Crippen molar-refractivity contribution < 1.29 is 9.90 Å². The second-order valence-corrected chi connectivity index (χ2v) is 5.36. The van der Waals surface area contributed by atoms with E-state index in [9.17, 15) is 9.90 Å². The van der Waals surface area contributed by atoms with E-state index >= 15 is 0 Å². The molecule has 6 heteroatoms. The van der Waals surface area contributed by atoms with Gasteiger partial charge < -0.3 is 10.4 Å². The lowest BCUT2D eigenvalue weighted by Gasteiger charge is -2.05. The molecule has 0 radical (unpaired) electrons. The Labute approximate surface area is 140 Å². The predicted molar refractivity (Wildman–Crippen MR) is 93.0 cm³/mol. The van der Waals surface area contributed by atoms with Crippen molar-refractivity contribution in [1.29, 1.82) is 0 Å². The maximum absolute atomic E-state index is 11.6. The fourth-order valence-corrected chi connectivity index (χ4v) is 2.02. The highest BCUT2D eigenvalue weighted by Crippen LogP contribution is 2.13. The van der Waals surface area contributed by atoms with Gasteiger partial charge in [0.2, 0.25) is 5.91 Å². The Kier molecular flexibility index (Phi) is 6.44. The summed E-state index contributed by atoms with van der Waals surface area (Å²) in [6, 6.07) is 14.0. The van der Waals surface area contributed by atoms with E-state index in [0.717, 1.165) is 11.3 Å². The average molecular weight is 332 g/mol. The third kappa shape index (κ3) is 6.40. The van der Waals surface area contributed by atoms with Gasteiger partial charge in [-0.3, -0.25) is 4.79 Å². The monoisotopic (exact) mass is 331 g/mol. The van der Waals surface area contributed by atoms with Crippen LogP contribution in [-0.2, 0) is 4.79 Å². The van der Waals surface area contributed by atoms with Crippen LogP contribution in [0.25, 0.3) is 0 Å². The molecule has 0 spiro atoms. The van der Waals surface area contributed by atoms with Gasteiger partial charge >= 0.3 is 0 Å². The molecule has 2 aromatic rings. The summed E-state index contributed by atoms with van der Waals surface area (Å²) in [7, 11) is 0. The van der Waals surface area contributed by atoms with Gasteiger partial charge in [-0.1, -0.05) is 23.7 Å². The first-order chi connectivity index (χ1) is 11.1. The highest BCUT2D eigenvalue weighted by Gasteiger charge is 1.99. The van der Waals surface area contributed by atoms with Crippen molar-refractivity contribution in [3.05, 3.63) is 59.1 Å². The fourth-order valence-electron chi connectivity index (χ4n) is 1.89. The Morgan fingerprint density at radius 2 is 2.00 bits per heavy atom. The number of carbonyl (C=O) groups is 1. The van der Waals surface area contributed by atoms with Gasteiger partial charge in [0.05, 0.1) is 6.21 Å². The average Bonchev–Trinajstić information content (AvgIpc) is 2.53. The number of rotatable bonds is 7. The summed E-state index contributed by atoms with van der Waals surface area (Å²) in [5.74, 6) is 0.00728. The minimum absolute atomic E-state index is 0.153. The zero-order chi connectivity index (χ0) is 16.5. The largest absolute Gasteiger partial charge is 0.508 e. The Morgan fingerprint density at radius 1 is 1.22 bits per heavy atom. The molecular weight excluding hydrogens is 314 g/mol. The molecule has 0 aromatic heterocycles. The van der Waals surface area contributed by atoms with Crippen LogP contribution in [-0.4, -0.2) is 23.8 Å². The van der Waals surface area contributed by atoms with Crippen molar-refractivity contribution in [1.82, 2.24) is 5.43 Å². The molecule has 3 N–H and O–H groups in total. The van der Waals surface area contributed by atoms with Gasteiger partial charge in [-0.25, -0.2) is 5.43 Å². The number of carbonyl (C=O) groups excluding carboxylic acids is 1. The minimum Gasteiger partial charge on any atom is -0.508 e. The maximum Gasteiger partial charge on any atom is 0.240 e. The van der Waals surface area contributed by atoms with Crippen LogP contribution >= 0.6 is 11.6 Å². The van der Waals surface area contributed by atoms with Gasteiger partial charge in [-0.05, 0) is 48.4 Å². The first-order valence-corrected chi connectivity index (χ1v) is 7.61. The standard InChI is InChI=1S/C17H18ClN3O2/c18-14-6-8-15(9-7-14)19-10-2-5-17(23)21-20-12-13-3-1-4-16(22)11-13/h1,3-4,6-9,11-12,19,22H,2,5,10H2,(H,21,23). The van der Waals surface area contributed by atoms with Gasteiger partial charge in [0.15, 0.2) is 0 Å². The van der Waals surface area contributed by atoms with E-state index in [0.29, 0.717) is 24.4 Å². The number of nitrogens with one attached hydrogen (secondary N) is 2. The molecule has 0 saturated heterocycles. The number of anilines is 1. The normalized spacial score (nSPS) is 10.7. The highest BCUT2D eigenvalue weighted by atomic mass is 35.5. The van der Waals surface area contributed by atoms with Gasteiger partial charge in [-0.15, -0.1) is 0 Å². The van der Waals surface area contributed by atoms with Gasteiger partial charge in [0.25, 0.3) is 0 Å². The van der Waals surface area contributed by atoms with E-state index in [1.807, 2.05) is 24.3 Å². The van der Waals surface area contributed by atoms with Crippen LogP contribution in [0.1, 0.15) is 18.4 Å². The molecule has 0 unspecified atom stereocenters. The van der Waals surface area contributed by atoms with Crippen LogP contribution in [0.5, 0.6) is 5.75 Å². The van der Waals surface area contributed by atoms with Crippen molar-refractivity contribution in [3.63, 3.8) is 0 Å². The predicted octanol–water partition coefficient (Wildman–Crippen LogP) is 3.39. The number of benzene rings is 2. The lowest BCUT2D eigenvalue weighted by atomic mass is 10.2. The number of nitrogens with zero attached hydrogens (tertiary/aromatic N) is 1. The third-order valence-corrected chi connectivity index (χ3v) is 3.28. The van der Waals surface area contributed by atoms with Crippen LogP contribution in [0, 0.1) is 0 Å². The topological polar surface area (TPSA) is 73.7 Å². The Balaban J connectivity index is 1.64. The lowest BCUT2D eigenvalue weighted by molar-refractivity contribution is -0.121. The van der Waals surface area contributed by atoms with Gasteiger partial charge in [-0.2, -0.15) is 5.10 Å². The maximum atomic E-state index is 11.6. The van der Waals surface area contributed by atoms with Crippen LogP contribution in [0.15, 0.2) is 53.6 Å². The number of aromatic hydroxyl groups is 1. The summed E-state index contributed by atoms with van der Waals surface area (Å²) in [5, 5.41) is 17.1. The van der Waals surface area contributed by atoms with Crippen molar-refractivity contribution >= 4 is 29.4 Å². The fraction of sp³-hybridized carbons (Fsp3) is 0.176. The SMILES string of the molecule is O=C(CCCNc1ccc(Cl)cc1)NN=Cc1cccc(O)c1. The van der Waals surface area contributed by atoms with Crippen molar-refractivity contribution in [2.75, 3.05) is 11.9 Å².